The van der Waals surface area contributed by atoms with Crippen LogP contribution in [0.2, 0.25) is 0 Å². The van der Waals surface area contributed by atoms with Gasteiger partial charge in [0.25, 0.3) is 0 Å². The third-order valence-corrected chi connectivity index (χ3v) is 4.34. The molecular formula is C16H16N6O2. The summed E-state index contributed by atoms with van der Waals surface area (Å²) in [5, 5.41) is 10.4. The highest BCUT2D eigenvalue weighted by atomic mass is 16.2. The molecule has 2 aliphatic heterocycles. The molecule has 1 saturated heterocycles. The highest BCUT2D eigenvalue weighted by Crippen LogP contribution is 2.39. The van der Waals surface area contributed by atoms with Crippen LogP contribution in [0.3, 0.4) is 0 Å². The fourth-order valence-electron chi connectivity index (χ4n) is 3.21. The van der Waals surface area contributed by atoms with E-state index in [-0.39, 0.29) is 17.9 Å². The summed E-state index contributed by atoms with van der Waals surface area (Å²) in [5.74, 6) is 0.782. The Bertz CT molecular complexity index is 809. The van der Waals surface area contributed by atoms with Gasteiger partial charge in [-0.25, -0.2) is 9.78 Å². The number of hydrogen-bond acceptors (Lipinski definition) is 6. The maximum absolute atomic E-state index is 12.8. The summed E-state index contributed by atoms with van der Waals surface area (Å²) >= 11 is 0. The number of hydrogen-bond donors (Lipinski definition) is 1. The normalized spacial score (nSPS) is 18.3. The standard InChI is InChI=1S/C16H16N6O2/c1-10(23)12-4-5-13-15(18-12)22(11-6-8-21(13)9-11)16(24)19-14-3-2-7-17-20-14/h2-5,7,11H,6,8-9H2,1H3,(H,19,20,24)/t11-/m0/s1. The topological polar surface area (TPSA) is 91.3 Å². The molecule has 0 spiro atoms. The number of nitrogens with zero attached hydrogens (tertiary/aromatic N) is 5. The number of aromatic nitrogens is 3. The number of ketones is 1. The van der Waals surface area contributed by atoms with E-state index in [0.717, 1.165) is 25.2 Å². The number of carbonyl (C=O) groups excluding carboxylic acids is 2. The van der Waals surface area contributed by atoms with Gasteiger partial charge in [-0.1, -0.05) is 0 Å². The predicted octanol–water partition coefficient (Wildman–Crippen LogP) is 1.70. The molecule has 1 N–H and O–H groups in total. The number of rotatable bonds is 2. The minimum atomic E-state index is -0.309. The first kappa shape index (κ1) is 14.6. The molecule has 2 aromatic rings. The van der Waals surface area contributed by atoms with E-state index in [9.17, 15) is 9.59 Å². The van der Waals surface area contributed by atoms with Gasteiger partial charge in [-0.3, -0.25) is 15.0 Å². The van der Waals surface area contributed by atoms with E-state index in [1.807, 2.05) is 6.07 Å². The van der Waals surface area contributed by atoms with E-state index in [2.05, 4.69) is 25.4 Å². The molecule has 1 atom stereocenters. The molecule has 0 aromatic carbocycles. The third-order valence-electron chi connectivity index (χ3n) is 4.34. The van der Waals surface area contributed by atoms with Crippen molar-refractivity contribution in [3.8, 4) is 0 Å². The Morgan fingerprint density at radius 3 is 2.92 bits per heavy atom. The van der Waals surface area contributed by atoms with Gasteiger partial charge in [0.05, 0.1) is 11.7 Å². The molecule has 1 fully saturated rings. The van der Waals surface area contributed by atoms with Crippen LogP contribution in [-0.4, -0.2) is 46.1 Å². The Kier molecular flexibility index (Phi) is 3.37. The average Bonchev–Trinajstić information content (AvgIpc) is 3.00. The van der Waals surface area contributed by atoms with E-state index in [1.165, 1.54) is 6.92 Å². The van der Waals surface area contributed by atoms with Crippen molar-refractivity contribution in [2.75, 3.05) is 28.2 Å². The van der Waals surface area contributed by atoms with Gasteiger partial charge in [0, 0.05) is 26.2 Å². The van der Waals surface area contributed by atoms with Gasteiger partial charge in [0.1, 0.15) is 5.69 Å². The van der Waals surface area contributed by atoms with Crippen LogP contribution in [0.5, 0.6) is 0 Å². The van der Waals surface area contributed by atoms with Crippen LogP contribution in [0.4, 0.5) is 22.1 Å². The molecule has 24 heavy (non-hydrogen) atoms. The van der Waals surface area contributed by atoms with Crippen LogP contribution < -0.4 is 15.1 Å². The Balaban J connectivity index is 1.72. The molecule has 0 radical (unpaired) electrons. The number of amides is 2. The number of fused-ring (bicyclic) bond motifs is 4. The highest BCUT2D eigenvalue weighted by Gasteiger charge is 2.40. The Morgan fingerprint density at radius 2 is 2.17 bits per heavy atom. The molecule has 0 unspecified atom stereocenters. The van der Waals surface area contributed by atoms with Crippen LogP contribution in [0.1, 0.15) is 23.8 Å². The zero-order chi connectivity index (χ0) is 16.7. The van der Waals surface area contributed by atoms with Crippen molar-refractivity contribution in [1.82, 2.24) is 15.2 Å². The van der Waals surface area contributed by atoms with E-state index in [0.29, 0.717) is 17.3 Å². The Hall–Kier alpha value is -3.03. The van der Waals surface area contributed by atoms with Gasteiger partial charge in [0.2, 0.25) is 0 Å². The van der Waals surface area contributed by atoms with Gasteiger partial charge in [-0.05, 0) is 30.7 Å². The molecule has 4 heterocycles. The SMILES string of the molecule is CC(=O)c1ccc2c(n1)N(C(=O)Nc1cccnn1)[C@H]1CCN2C1. The second-order valence-corrected chi connectivity index (χ2v) is 5.89. The predicted molar refractivity (Wildman–Crippen MR) is 88.4 cm³/mol. The molecule has 2 amide bonds. The minimum Gasteiger partial charge on any atom is -0.366 e. The lowest BCUT2D eigenvalue weighted by atomic mass is 10.1. The first-order valence-corrected chi connectivity index (χ1v) is 7.78. The largest absolute Gasteiger partial charge is 0.366 e. The molecule has 2 aliphatic rings. The van der Waals surface area contributed by atoms with Crippen molar-refractivity contribution in [3.63, 3.8) is 0 Å². The molecule has 2 bridgehead atoms. The summed E-state index contributed by atoms with van der Waals surface area (Å²) in [5.41, 5.74) is 1.23. The van der Waals surface area contributed by atoms with Crippen LogP contribution in [0, 0.1) is 0 Å². The highest BCUT2D eigenvalue weighted by molar-refractivity contribution is 6.04. The maximum atomic E-state index is 12.8. The first-order valence-electron chi connectivity index (χ1n) is 7.78. The third kappa shape index (κ3) is 2.36. The van der Waals surface area contributed by atoms with Crippen molar-refractivity contribution >= 4 is 29.1 Å². The fraction of sp³-hybridized carbons (Fsp3) is 0.312. The number of urea groups is 1. The average molecular weight is 324 g/mol. The minimum absolute atomic E-state index is 0.0314. The van der Waals surface area contributed by atoms with Crippen molar-refractivity contribution in [2.45, 2.75) is 19.4 Å². The molecular weight excluding hydrogens is 308 g/mol. The van der Waals surface area contributed by atoms with Gasteiger partial charge in [-0.15, -0.1) is 5.10 Å². The van der Waals surface area contributed by atoms with E-state index >= 15 is 0 Å². The summed E-state index contributed by atoms with van der Waals surface area (Å²) in [6, 6.07) is 6.68. The van der Waals surface area contributed by atoms with Crippen LogP contribution in [0.15, 0.2) is 30.5 Å². The van der Waals surface area contributed by atoms with Gasteiger partial charge < -0.3 is 4.90 Å². The number of pyridine rings is 1. The summed E-state index contributed by atoms with van der Waals surface area (Å²) in [6.45, 7) is 3.10. The van der Waals surface area contributed by atoms with E-state index in [4.69, 9.17) is 0 Å². The lowest BCUT2D eigenvalue weighted by molar-refractivity contribution is 0.101. The quantitative estimate of drug-likeness (QED) is 0.846. The lowest BCUT2D eigenvalue weighted by Crippen LogP contribution is -2.48. The number of anilines is 3. The van der Waals surface area contributed by atoms with Crippen molar-refractivity contribution < 1.29 is 9.59 Å². The summed E-state index contributed by atoms with van der Waals surface area (Å²) in [4.78, 5) is 32.7. The smallest absolute Gasteiger partial charge is 0.329 e. The molecule has 8 nitrogen and oxygen atoms in total. The molecule has 8 heteroatoms. The zero-order valence-electron chi connectivity index (χ0n) is 13.1. The van der Waals surface area contributed by atoms with Crippen LogP contribution in [-0.2, 0) is 0 Å². The van der Waals surface area contributed by atoms with Gasteiger partial charge in [-0.2, -0.15) is 5.10 Å². The molecule has 122 valence electrons. The molecule has 0 aliphatic carbocycles. The fourth-order valence-corrected chi connectivity index (χ4v) is 3.21. The monoisotopic (exact) mass is 324 g/mol. The summed E-state index contributed by atoms with van der Waals surface area (Å²) < 4.78 is 0. The number of carbonyl (C=O) groups is 2. The lowest BCUT2D eigenvalue weighted by Gasteiger charge is -2.35. The Labute approximate surface area is 138 Å². The summed E-state index contributed by atoms with van der Waals surface area (Å²) in [7, 11) is 0. The number of nitrogens with one attached hydrogen (secondary N) is 1. The molecule has 2 aromatic heterocycles. The van der Waals surface area contributed by atoms with E-state index in [1.54, 1.807) is 29.3 Å². The molecule has 4 rings (SSSR count). The van der Waals surface area contributed by atoms with Crippen molar-refractivity contribution in [3.05, 3.63) is 36.2 Å². The molecule has 0 saturated carbocycles. The van der Waals surface area contributed by atoms with Crippen molar-refractivity contribution in [2.24, 2.45) is 0 Å². The number of Topliss-reactive ketones (excluding diaryl/α,β-unsaturated/α-hetero) is 1. The van der Waals surface area contributed by atoms with E-state index < -0.39 is 0 Å². The van der Waals surface area contributed by atoms with Crippen molar-refractivity contribution in [1.29, 1.82) is 0 Å². The maximum Gasteiger partial charge on any atom is 0.329 e. The van der Waals surface area contributed by atoms with Crippen LogP contribution >= 0.6 is 0 Å². The zero-order valence-corrected chi connectivity index (χ0v) is 13.1. The first-order chi connectivity index (χ1) is 11.6. The Morgan fingerprint density at radius 1 is 1.29 bits per heavy atom. The van der Waals surface area contributed by atoms with Gasteiger partial charge >= 0.3 is 6.03 Å². The second kappa shape index (κ2) is 5.55. The second-order valence-electron chi connectivity index (χ2n) is 5.89. The van der Waals surface area contributed by atoms with Gasteiger partial charge in [0.15, 0.2) is 17.4 Å². The van der Waals surface area contributed by atoms with Crippen LogP contribution in [0.25, 0.3) is 0 Å². The summed E-state index contributed by atoms with van der Waals surface area (Å²) in [6.07, 6.45) is 2.40.